The molecule has 0 aliphatic carbocycles. The second kappa shape index (κ2) is 9.36. The average molecular weight is 266 g/mol. The van der Waals surface area contributed by atoms with Crippen molar-refractivity contribution in [1.29, 1.82) is 0 Å². The van der Waals surface area contributed by atoms with E-state index in [1.165, 1.54) is 32.1 Å². The summed E-state index contributed by atoms with van der Waals surface area (Å²) in [6, 6.07) is 6.97. The van der Waals surface area contributed by atoms with Crippen molar-refractivity contribution < 1.29 is 9.22 Å². The van der Waals surface area contributed by atoms with Gasteiger partial charge >= 0.3 is 0 Å². The van der Waals surface area contributed by atoms with Crippen molar-refractivity contribution in [2.24, 2.45) is 10.9 Å². The quantitative estimate of drug-likeness (QED) is 0.417. The van der Waals surface area contributed by atoms with E-state index in [-0.39, 0.29) is 5.84 Å². The third-order valence-corrected chi connectivity index (χ3v) is 3.01. The Morgan fingerprint density at radius 1 is 1.11 bits per heavy atom. The van der Waals surface area contributed by atoms with Crippen molar-refractivity contribution in [3.63, 3.8) is 0 Å². The van der Waals surface area contributed by atoms with Gasteiger partial charge in [0.2, 0.25) is 0 Å². The van der Waals surface area contributed by atoms with E-state index in [1.54, 1.807) is 24.3 Å². The van der Waals surface area contributed by atoms with Crippen LogP contribution >= 0.6 is 0 Å². The first-order valence-corrected chi connectivity index (χ1v) is 6.95. The van der Waals surface area contributed by atoms with Gasteiger partial charge in [0.05, 0.1) is 6.61 Å². The lowest BCUT2D eigenvalue weighted by Crippen LogP contribution is -2.11. The Kier molecular flexibility index (Phi) is 7.63. The minimum atomic E-state index is -0.109. The number of benzene rings is 1. The van der Waals surface area contributed by atoms with Gasteiger partial charge in [0.15, 0.2) is 5.84 Å². The summed E-state index contributed by atoms with van der Waals surface area (Å²) < 4.78 is 17.6. The topological polar surface area (TPSA) is 47.6 Å². The molecule has 1 rings (SSSR count). The molecular weight excluding hydrogens is 243 g/mol. The van der Waals surface area contributed by atoms with Crippen molar-refractivity contribution in [2.45, 2.75) is 45.4 Å². The summed E-state index contributed by atoms with van der Waals surface area (Å²) >= 11 is 0. The molecule has 1 aromatic carbocycles. The molecule has 0 spiro atoms. The minimum absolute atomic E-state index is 0.109. The summed E-state index contributed by atoms with van der Waals surface area (Å²) in [5, 5.41) is 2.45. The van der Waals surface area contributed by atoms with Crippen LogP contribution in [0.4, 0.5) is 4.48 Å². The number of nitrogens with zero attached hydrogens (tertiary/aromatic N) is 1. The molecule has 0 aliphatic rings. The van der Waals surface area contributed by atoms with Crippen molar-refractivity contribution >= 4 is 5.84 Å². The average Bonchev–Trinajstić information content (AvgIpc) is 2.46. The predicted octanol–water partition coefficient (Wildman–Crippen LogP) is 4.02. The van der Waals surface area contributed by atoms with E-state index in [0.29, 0.717) is 5.56 Å². The molecule has 0 saturated heterocycles. The molecule has 2 N–H and O–H groups in total. The third-order valence-electron chi connectivity index (χ3n) is 3.01. The highest BCUT2D eigenvalue weighted by Gasteiger charge is 1.99. The van der Waals surface area contributed by atoms with Crippen LogP contribution in [0.2, 0.25) is 0 Å². The van der Waals surface area contributed by atoms with Crippen LogP contribution in [0.5, 0.6) is 5.75 Å². The fourth-order valence-corrected chi connectivity index (χ4v) is 1.84. The highest BCUT2D eigenvalue weighted by Crippen LogP contribution is 2.13. The van der Waals surface area contributed by atoms with Gasteiger partial charge in [0, 0.05) is 5.56 Å². The van der Waals surface area contributed by atoms with E-state index in [1.807, 2.05) is 0 Å². The second-order valence-corrected chi connectivity index (χ2v) is 4.61. The first-order chi connectivity index (χ1) is 9.27. The molecule has 0 amide bonds. The Labute approximate surface area is 114 Å². The molecule has 0 unspecified atom stereocenters. The van der Waals surface area contributed by atoms with Crippen LogP contribution in [-0.2, 0) is 0 Å². The monoisotopic (exact) mass is 266 g/mol. The number of hydrogen-bond acceptors (Lipinski definition) is 2. The zero-order valence-corrected chi connectivity index (χ0v) is 11.6. The molecule has 106 valence electrons. The highest BCUT2D eigenvalue weighted by molar-refractivity contribution is 5.97. The van der Waals surface area contributed by atoms with Gasteiger partial charge < -0.3 is 10.5 Å². The molecule has 1 aromatic rings. The Balaban J connectivity index is 2.19. The maximum atomic E-state index is 12.0. The molecule has 4 heteroatoms. The smallest absolute Gasteiger partial charge is 0.163 e. The van der Waals surface area contributed by atoms with Gasteiger partial charge in [-0.1, -0.05) is 48.7 Å². The molecule has 0 radical (unpaired) electrons. The van der Waals surface area contributed by atoms with Crippen LogP contribution in [0.3, 0.4) is 0 Å². The van der Waals surface area contributed by atoms with Gasteiger partial charge in [0.1, 0.15) is 5.75 Å². The fraction of sp³-hybridized carbons (Fsp3) is 0.533. The maximum absolute atomic E-state index is 12.0. The number of ether oxygens (including phenoxy) is 1. The molecule has 0 heterocycles. The third kappa shape index (κ3) is 6.22. The standard InChI is InChI=1S/C15H23FN2O/c1-2-3-4-5-6-7-12-19-14-10-8-13(9-11-14)15(17)18-16/h8-11H,2-7,12H2,1H3,(H2,17,18). The second-order valence-electron chi connectivity index (χ2n) is 4.61. The van der Waals surface area contributed by atoms with E-state index >= 15 is 0 Å². The van der Waals surface area contributed by atoms with Gasteiger partial charge in [-0.2, -0.15) is 0 Å². The van der Waals surface area contributed by atoms with Gasteiger partial charge in [-0.15, -0.1) is 0 Å². The van der Waals surface area contributed by atoms with Crippen LogP contribution in [0, 0.1) is 0 Å². The fourth-order valence-electron chi connectivity index (χ4n) is 1.84. The lowest BCUT2D eigenvalue weighted by molar-refractivity contribution is 0.304. The number of unbranched alkanes of at least 4 members (excludes halogenated alkanes) is 5. The van der Waals surface area contributed by atoms with Crippen LogP contribution in [0.15, 0.2) is 29.5 Å². The minimum Gasteiger partial charge on any atom is -0.494 e. The lowest BCUT2D eigenvalue weighted by atomic mass is 10.1. The normalized spacial score (nSPS) is 11.6. The Morgan fingerprint density at radius 3 is 2.37 bits per heavy atom. The van der Waals surface area contributed by atoms with Crippen LogP contribution in [-0.4, -0.2) is 12.4 Å². The summed E-state index contributed by atoms with van der Waals surface area (Å²) in [4.78, 5) is 0. The molecule has 0 aromatic heterocycles. The van der Waals surface area contributed by atoms with Crippen molar-refractivity contribution in [3.05, 3.63) is 29.8 Å². The lowest BCUT2D eigenvalue weighted by Gasteiger charge is -2.06. The largest absolute Gasteiger partial charge is 0.494 e. The van der Waals surface area contributed by atoms with Crippen LogP contribution in [0.1, 0.15) is 51.0 Å². The van der Waals surface area contributed by atoms with Crippen molar-refractivity contribution in [1.82, 2.24) is 0 Å². The van der Waals surface area contributed by atoms with E-state index < -0.39 is 0 Å². The zero-order valence-electron chi connectivity index (χ0n) is 11.6. The zero-order chi connectivity index (χ0) is 13.9. The van der Waals surface area contributed by atoms with Gasteiger partial charge in [0.25, 0.3) is 0 Å². The molecule has 3 nitrogen and oxygen atoms in total. The summed E-state index contributed by atoms with van der Waals surface area (Å²) in [6.07, 6.45) is 7.46. The Hall–Kier alpha value is -1.58. The summed E-state index contributed by atoms with van der Waals surface area (Å²) in [6.45, 7) is 2.94. The number of halogens is 1. The van der Waals surface area contributed by atoms with E-state index in [9.17, 15) is 4.48 Å². The first kappa shape index (κ1) is 15.5. The molecule has 0 fully saturated rings. The molecule has 0 aliphatic heterocycles. The summed E-state index contributed by atoms with van der Waals surface area (Å²) in [5.74, 6) is 0.673. The molecule has 0 saturated carbocycles. The molecular formula is C15H23FN2O. The molecule has 0 bridgehead atoms. The summed E-state index contributed by atoms with van der Waals surface area (Å²) in [7, 11) is 0. The predicted molar refractivity (Wildman–Crippen MR) is 77.1 cm³/mol. The maximum Gasteiger partial charge on any atom is 0.163 e. The number of nitrogens with two attached hydrogens (primary N) is 1. The van der Waals surface area contributed by atoms with Crippen molar-refractivity contribution in [3.8, 4) is 5.75 Å². The first-order valence-electron chi connectivity index (χ1n) is 6.95. The Morgan fingerprint density at radius 2 is 1.74 bits per heavy atom. The van der Waals surface area contributed by atoms with Gasteiger partial charge in [-0.05, 0) is 30.7 Å². The highest BCUT2D eigenvalue weighted by atomic mass is 19.2. The van der Waals surface area contributed by atoms with E-state index in [2.05, 4.69) is 12.1 Å². The van der Waals surface area contributed by atoms with E-state index in [4.69, 9.17) is 10.5 Å². The van der Waals surface area contributed by atoms with Crippen LogP contribution < -0.4 is 10.5 Å². The molecule has 0 atom stereocenters. The van der Waals surface area contributed by atoms with Gasteiger partial charge in [-0.25, -0.2) is 0 Å². The van der Waals surface area contributed by atoms with Crippen LogP contribution in [0.25, 0.3) is 0 Å². The Bertz CT molecular complexity index is 376. The number of rotatable bonds is 9. The number of hydrogen-bond donors (Lipinski definition) is 1. The number of amidine groups is 1. The molecule has 19 heavy (non-hydrogen) atoms. The SMILES string of the molecule is CCCCCCCCOc1ccc(/C(N)=N/F)cc1. The van der Waals surface area contributed by atoms with E-state index in [0.717, 1.165) is 18.8 Å². The summed E-state index contributed by atoms with van der Waals surface area (Å²) in [5.41, 5.74) is 5.92. The van der Waals surface area contributed by atoms with Gasteiger partial charge in [-0.3, -0.25) is 0 Å². The van der Waals surface area contributed by atoms with Crippen molar-refractivity contribution in [2.75, 3.05) is 6.61 Å².